The number of benzene rings is 1. The molecule has 17 heavy (non-hydrogen) atoms. The molecule has 1 amide bonds. The summed E-state index contributed by atoms with van der Waals surface area (Å²) in [5.74, 6) is -0.934. The Labute approximate surface area is 95.8 Å². The number of rotatable bonds is 2. The Balaban J connectivity index is 2.26. The van der Waals surface area contributed by atoms with Crippen LogP contribution in [0.4, 0.5) is 15.9 Å². The van der Waals surface area contributed by atoms with E-state index in [4.69, 9.17) is 5.73 Å². The van der Waals surface area contributed by atoms with Crippen LogP contribution in [0.15, 0.2) is 28.9 Å². The van der Waals surface area contributed by atoms with Gasteiger partial charge in [-0.2, -0.15) is 0 Å². The smallest absolute Gasteiger partial charge is 0.284 e. The van der Waals surface area contributed by atoms with Crippen molar-refractivity contribution in [2.24, 2.45) is 0 Å². The van der Waals surface area contributed by atoms with Crippen molar-refractivity contribution in [2.45, 2.75) is 0 Å². The predicted molar refractivity (Wildman–Crippen MR) is 57.8 cm³/mol. The third kappa shape index (κ3) is 2.07. The highest BCUT2D eigenvalue weighted by Gasteiger charge is 2.21. The van der Waals surface area contributed by atoms with E-state index in [-0.39, 0.29) is 17.3 Å². The normalized spacial score (nSPS) is 10.2. The molecule has 1 heterocycles. The maximum atomic E-state index is 12.7. The number of anilines is 2. The van der Waals surface area contributed by atoms with Gasteiger partial charge in [0, 0.05) is 12.7 Å². The van der Waals surface area contributed by atoms with Gasteiger partial charge in [0.1, 0.15) is 5.82 Å². The number of hydrogen-bond acceptors (Lipinski definition) is 5. The van der Waals surface area contributed by atoms with Crippen LogP contribution in [0.1, 0.15) is 10.5 Å². The summed E-state index contributed by atoms with van der Waals surface area (Å²) in [6.07, 6.45) is 0. The Hall–Kier alpha value is -2.44. The van der Waals surface area contributed by atoms with E-state index in [2.05, 4.69) is 14.9 Å². The van der Waals surface area contributed by atoms with Crippen molar-refractivity contribution in [2.75, 3.05) is 17.7 Å². The van der Waals surface area contributed by atoms with E-state index in [1.54, 1.807) is 0 Å². The number of carbonyl (C=O) groups is 1. The lowest BCUT2D eigenvalue weighted by Gasteiger charge is -2.15. The second kappa shape index (κ2) is 4.20. The average Bonchev–Trinajstić information content (AvgIpc) is 2.74. The molecule has 2 aromatic rings. The average molecular weight is 236 g/mol. The largest absolute Gasteiger partial charge is 0.379 e. The van der Waals surface area contributed by atoms with Crippen LogP contribution in [-0.4, -0.2) is 23.3 Å². The minimum Gasteiger partial charge on any atom is -0.379 e. The minimum absolute atomic E-state index is 0.0724. The monoisotopic (exact) mass is 236 g/mol. The summed E-state index contributed by atoms with van der Waals surface area (Å²) in [4.78, 5) is 13.2. The fourth-order valence-electron chi connectivity index (χ4n) is 1.28. The van der Waals surface area contributed by atoms with Gasteiger partial charge in [0.15, 0.2) is 0 Å². The van der Waals surface area contributed by atoms with E-state index in [9.17, 15) is 9.18 Å². The van der Waals surface area contributed by atoms with Crippen LogP contribution in [0.5, 0.6) is 0 Å². The molecule has 0 aliphatic rings. The molecular formula is C10H9FN4O2. The van der Waals surface area contributed by atoms with E-state index in [0.29, 0.717) is 5.69 Å². The van der Waals surface area contributed by atoms with Gasteiger partial charge in [0.25, 0.3) is 5.91 Å². The molecule has 0 fully saturated rings. The van der Waals surface area contributed by atoms with Gasteiger partial charge in [-0.15, -0.1) is 0 Å². The fraction of sp³-hybridized carbons (Fsp3) is 0.100. The SMILES string of the molecule is CN(C(=O)c1nonc1N)c1ccc(F)cc1. The first kappa shape index (κ1) is 11.1. The Morgan fingerprint density at radius 3 is 2.53 bits per heavy atom. The lowest BCUT2D eigenvalue weighted by atomic mass is 10.2. The molecule has 88 valence electrons. The van der Waals surface area contributed by atoms with E-state index >= 15 is 0 Å². The van der Waals surface area contributed by atoms with Crippen LogP contribution in [-0.2, 0) is 0 Å². The summed E-state index contributed by atoms with van der Waals surface area (Å²) in [7, 11) is 1.52. The number of nitrogens with two attached hydrogens (primary N) is 1. The van der Waals surface area contributed by atoms with Crippen LogP contribution in [0.3, 0.4) is 0 Å². The zero-order chi connectivity index (χ0) is 12.4. The number of nitrogen functional groups attached to an aromatic ring is 1. The van der Waals surface area contributed by atoms with Gasteiger partial charge in [0.2, 0.25) is 11.5 Å². The number of amides is 1. The first-order chi connectivity index (χ1) is 8.09. The highest BCUT2D eigenvalue weighted by atomic mass is 19.1. The third-order valence-electron chi connectivity index (χ3n) is 2.24. The molecule has 1 aromatic heterocycles. The van der Waals surface area contributed by atoms with Crippen LogP contribution in [0.2, 0.25) is 0 Å². The molecule has 0 spiro atoms. The Morgan fingerprint density at radius 2 is 2.00 bits per heavy atom. The van der Waals surface area contributed by atoms with Crippen molar-refractivity contribution in [3.8, 4) is 0 Å². The lowest BCUT2D eigenvalue weighted by molar-refractivity contribution is 0.0984. The molecule has 0 atom stereocenters. The zero-order valence-corrected chi connectivity index (χ0v) is 8.92. The van der Waals surface area contributed by atoms with Crippen molar-refractivity contribution in [1.29, 1.82) is 0 Å². The molecule has 0 aliphatic carbocycles. The summed E-state index contributed by atoms with van der Waals surface area (Å²) in [6.45, 7) is 0. The molecule has 6 nitrogen and oxygen atoms in total. The number of carbonyl (C=O) groups excluding carboxylic acids is 1. The predicted octanol–water partition coefficient (Wildman–Crippen LogP) is 1.07. The number of nitrogens with zero attached hydrogens (tertiary/aromatic N) is 3. The molecule has 2 N–H and O–H groups in total. The Bertz CT molecular complexity index is 537. The topological polar surface area (TPSA) is 85.2 Å². The number of halogens is 1. The molecule has 0 saturated carbocycles. The lowest BCUT2D eigenvalue weighted by Crippen LogP contribution is -2.27. The van der Waals surface area contributed by atoms with Gasteiger partial charge in [-0.05, 0) is 34.6 Å². The highest BCUT2D eigenvalue weighted by molar-refractivity contribution is 6.06. The van der Waals surface area contributed by atoms with E-state index in [1.807, 2.05) is 0 Å². The standard InChI is InChI=1S/C10H9FN4O2/c1-15(7-4-2-6(11)3-5-7)10(16)8-9(12)14-17-13-8/h2-5H,1H3,(H2,12,14). The van der Waals surface area contributed by atoms with Crippen molar-refractivity contribution in [1.82, 2.24) is 10.3 Å². The van der Waals surface area contributed by atoms with Gasteiger partial charge in [-0.3, -0.25) is 4.79 Å². The van der Waals surface area contributed by atoms with Gasteiger partial charge in [-0.25, -0.2) is 9.02 Å². The Kier molecular flexibility index (Phi) is 2.73. The summed E-state index contributed by atoms with van der Waals surface area (Å²) < 4.78 is 17.1. The van der Waals surface area contributed by atoms with Crippen molar-refractivity contribution in [3.05, 3.63) is 35.8 Å². The second-order valence-electron chi connectivity index (χ2n) is 3.34. The van der Waals surface area contributed by atoms with Gasteiger partial charge in [-0.1, -0.05) is 0 Å². The number of hydrogen-bond donors (Lipinski definition) is 1. The van der Waals surface area contributed by atoms with Crippen molar-refractivity contribution >= 4 is 17.4 Å². The summed E-state index contributed by atoms with van der Waals surface area (Å²) >= 11 is 0. The van der Waals surface area contributed by atoms with E-state index in [1.165, 1.54) is 36.2 Å². The molecule has 0 unspecified atom stereocenters. The van der Waals surface area contributed by atoms with Crippen LogP contribution in [0.25, 0.3) is 0 Å². The van der Waals surface area contributed by atoms with Gasteiger partial charge >= 0.3 is 0 Å². The molecule has 2 rings (SSSR count). The van der Waals surface area contributed by atoms with Crippen LogP contribution in [0, 0.1) is 5.82 Å². The number of aromatic nitrogens is 2. The second-order valence-corrected chi connectivity index (χ2v) is 3.34. The fourth-order valence-corrected chi connectivity index (χ4v) is 1.28. The van der Waals surface area contributed by atoms with Crippen molar-refractivity contribution in [3.63, 3.8) is 0 Å². The van der Waals surface area contributed by atoms with E-state index < -0.39 is 5.91 Å². The quantitative estimate of drug-likeness (QED) is 0.842. The molecule has 7 heteroatoms. The molecule has 0 saturated heterocycles. The molecule has 1 aromatic carbocycles. The van der Waals surface area contributed by atoms with E-state index in [0.717, 1.165) is 0 Å². The maximum Gasteiger partial charge on any atom is 0.284 e. The third-order valence-corrected chi connectivity index (χ3v) is 2.24. The van der Waals surface area contributed by atoms with Crippen LogP contribution >= 0.6 is 0 Å². The molecule has 0 radical (unpaired) electrons. The first-order valence-electron chi connectivity index (χ1n) is 4.71. The molecular weight excluding hydrogens is 227 g/mol. The Morgan fingerprint density at radius 1 is 1.35 bits per heavy atom. The summed E-state index contributed by atoms with van der Waals surface area (Å²) in [6, 6.07) is 5.45. The summed E-state index contributed by atoms with van der Waals surface area (Å²) in [5, 5.41) is 6.72. The maximum absolute atomic E-state index is 12.7. The van der Waals surface area contributed by atoms with Gasteiger partial charge in [0.05, 0.1) is 0 Å². The molecule has 0 aliphatic heterocycles. The minimum atomic E-state index is -0.477. The molecule has 0 bridgehead atoms. The highest BCUT2D eigenvalue weighted by Crippen LogP contribution is 2.17. The summed E-state index contributed by atoms with van der Waals surface area (Å²) in [5.41, 5.74) is 5.85. The first-order valence-corrected chi connectivity index (χ1v) is 4.71. The van der Waals surface area contributed by atoms with Crippen LogP contribution < -0.4 is 10.6 Å². The van der Waals surface area contributed by atoms with Gasteiger partial charge < -0.3 is 10.6 Å². The zero-order valence-electron chi connectivity index (χ0n) is 8.92. The van der Waals surface area contributed by atoms with Crippen molar-refractivity contribution < 1.29 is 13.8 Å².